The van der Waals surface area contributed by atoms with Crippen LogP contribution in [-0.4, -0.2) is 42.4 Å². The normalized spacial score (nSPS) is 7.29. The summed E-state index contributed by atoms with van der Waals surface area (Å²) in [5.41, 5.74) is 10.8. The van der Waals surface area contributed by atoms with Gasteiger partial charge < -0.3 is 77.3 Å². The molecular formula is C13H42Cl2N10O7Pt2. The molecule has 18 N–H and O–H groups in total. The van der Waals surface area contributed by atoms with Gasteiger partial charge in [0.2, 0.25) is 0 Å². The van der Waals surface area contributed by atoms with Crippen molar-refractivity contribution >= 4 is 24.9 Å². The van der Waals surface area contributed by atoms with Crippen LogP contribution in [0.3, 0.4) is 0 Å². The molecule has 0 aliphatic rings. The zero-order chi connectivity index (χ0) is 24.6. The molecule has 34 heavy (non-hydrogen) atoms. The van der Waals surface area contributed by atoms with Crippen molar-refractivity contribution in [3.8, 4) is 0 Å². The topological polar surface area (TPSA) is 366 Å². The SMILES string of the molecule is N.N.N.N.NCCCCCCNC(=O)NCCCCCCN.O=[N+]([O-])[O-].O=[N+]([O-])[O-].[Cl][Pt+].[Cl][Pt+]. The molecular weight excluding hydrogens is 869 g/mol. The van der Waals surface area contributed by atoms with Gasteiger partial charge in [0.25, 0.3) is 0 Å². The first kappa shape index (κ1) is 58.9. The van der Waals surface area contributed by atoms with Crippen molar-refractivity contribution in [1.29, 1.82) is 0 Å². The summed E-state index contributed by atoms with van der Waals surface area (Å²) in [6, 6.07) is -0.0485. The number of nitrogens with one attached hydrogen (secondary N) is 2. The molecule has 0 aromatic heterocycles. The number of hydrogen-bond donors (Lipinski definition) is 8. The van der Waals surface area contributed by atoms with E-state index in [1.54, 1.807) is 37.5 Å². The summed E-state index contributed by atoms with van der Waals surface area (Å²) in [7, 11) is 9.22. The Morgan fingerprint density at radius 3 is 1.03 bits per heavy atom. The molecule has 0 aliphatic carbocycles. The molecule has 0 fully saturated rings. The zero-order valence-corrected chi connectivity index (χ0v) is 25.2. The van der Waals surface area contributed by atoms with Gasteiger partial charge in [-0.05, 0) is 38.8 Å². The van der Waals surface area contributed by atoms with Crippen molar-refractivity contribution in [2.75, 3.05) is 26.2 Å². The van der Waals surface area contributed by atoms with Gasteiger partial charge in [-0.3, -0.25) is 0 Å². The first-order valence-electron chi connectivity index (χ1n) is 8.56. The monoisotopic (exact) mass is 910 g/mol. The molecule has 0 aromatic carbocycles. The Kier molecular flexibility index (Phi) is 110. The van der Waals surface area contributed by atoms with Crippen LogP contribution in [0.4, 0.5) is 4.79 Å². The fourth-order valence-electron chi connectivity index (χ4n) is 1.71. The number of hydrogen-bond acceptors (Lipinski definition) is 13. The Labute approximate surface area is 231 Å². The Morgan fingerprint density at radius 2 is 0.824 bits per heavy atom. The van der Waals surface area contributed by atoms with E-state index in [2.05, 4.69) is 29.5 Å². The van der Waals surface area contributed by atoms with Crippen molar-refractivity contribution in [2.24, 2.45) is 11.5 Å². The van der Waals surface area contributed by atoms with Gasteiger partial charge in [-0.1, -0.05) is 25.7 Å². The Hall–Kier alpha value is -0.613. The Balaban J connectivity index is -0.0000000473. The first-order valence-corrected chi connectivity index (χ1v) is 14.2. The molecule has 0 spiro atoms. The van der Waals surface area contributed by atoms with Gasteiger partial charge in [0.05, 0.1) is 10.2 Å². The molecule has 0 saturated carbocycles. The van der Waals surface area contributed by atoms with E-state index in [9.17, 15) is 4.79 Å². The maximum absolute atomic E-state index is 11.4. The van der Waals surface area contributed by atoms with Gasteiger partial charge in [0.1, 0.15) is 0 Å². The van der Waals surface area contributed by atoms with E-state index in [0.717, 1.165) is 77.5 Å². The fraction of sp³-hybridized carbons (Fsp3) is 0.923. The van der Waals surface area contributed by atoms with E-state index < -0.39 is 10.2 Å². The molecule has 0 aromatic rings. The molecule has 2 amide bonds. The maximum atomic E-state index is 11.4. The van der Waals surface area contributed by atoms with Crippen LogP contribution in [0.5, 0.6) is 0 Å². The van der Waals surface area contributed by atoms with Crippen LogP contribution < -0.4 is 46.7 Å². The third-order valence-electron chi connectivity index (χ3n) is 2.83. The number of nitrogens with zero attached hydrogens (tertiary/aromatic N) is 2. The molecule has 0 aliphatic heterocycles. The van der Waals surface area contributed by atoms with Gasteiger partial charge in [0.15, 0.2) is 0 Å². The number of nitrogens with two attached hydrogens (primary N) is 2. The van der Waals surface area contributed by atoms with Gasteiger partial charge in [-0.2, -0.15) is 0 Å². The van der Waals surface area contributed by atoms with Crippen LogP contribution in [0.1, 0.15) is 51.4 Å². The van der Waals surface area contributed by atoms with Gasteiger partial charge in [-0.25, -0.2) is 4.79 Å². The number of carbonyl (C=O) groups is 1. The number of halogens is 2. The van der Waals surface area contributed by atoms with Crippen LogP contribution in [0, 0.1) is 30.6 Å². The predicted molar refractivity (Wildman–Crippen MR) is 129 cm³/mol. The van der Waals surface area contributed by atoms with Crippen LogP contribution in [0.15, 0.2) is 0 Å². The number of amides is 2. The quantitative estimate of drug-likeness (QED) is 0.0794. The number of carbonyl (C=O) groups excluding carboxylic acids is 1. The molecule has 0 radical (unpaired) electrons. The summed E-state index contributed by atoms with van der Waals surface area (Å²) in [5, 5.41) is 35.2. The molecule has 0 atom stereocenters. The van der Waals surface area contributed by atoms with E-state index in [1.165, 1.54) is 0 Å². The molecule has 0 saturated heterocycles. The average molecular weight is 912 g/mol. The molecule has 0 heterocycles. The predicted octanol–water partition coefficient (Wildman–Crippen LogP) is 2.87. The minimum absolute atomic E-state index is 0. The molecule has 21 heteroatoms. The van der Waals surface area contributed by atoms with Crippen LogP contribution in [0.25, 0.3) is 0 Å². The fourth-order valence-corrected chi connectivity index (χ4v) is 1.71. The number of rotatable bonds is 12. The molecule has 17 nitrogen and oxygen atoms in total. The summed E-state index contributed by atoms with van der Waals surface area (Å²) in [6.07, 6.45) is 8.80. The van der Waals surface area contributed by atoms with Gasteiger partial charge >= 0.3 is 62.4 Å². The van der Waals surface area contributed by atoms with Crippen molar-refractivity contribution in [3.63, 3.8) is 0 Å². The van der Waals surface area contributed by atoms with E-state index in [4.69, 9.17) is 42.1 Å². The number of unbranched alkanes of at least 4 members (excludes halogenated alkanes) is 6. The first-order chi connectivity index (χ1) is 14.3. The van der Waals surface area contributed by atoms with Crippen molar-refractivity contribution in [3.05, 3.63) is 30.6 Å². The minimum atomic E-state index is -1.75. The second-order valence-corrected chi connectivity index (χ2v) is 5.04. The van der Waals surface area contributed by atoms with Crippen LogP contribution >= 0.6 is 18.8 Å². The summed E-state index contributed by atoms with van der Waals surface area (Å²) >= 11 is 3.22. The van der Waals surface area contributed by atoms with E-state index in [0.29, 0.717) is 0 Å². The van der Waals surface area contributed by atoms with Crippen LogP contribution in [-0.2, 0) is 37.5 Å². The molecule has 0 bridgehead atoms. The standard InChI is InChI=1S/C13H30N4O.2ClH.2NO3.4H3N.2Pt/c14-9-5-1-3-7-11-16-13(18)17-12-8-4-2-6-10-15;;;2*2-1(3)4;;;;;;/h1-12,14-15H2,(H2,16,17,18);2*1H;;;4*1H3;;/q;;;2*-1;;;;;2*+2/p-2. The van der Waals surface area contributed by atoms with Crippen LogP contribution in [0.2, 0.25) is 0 Å². The third kappa shape index (κ3) is 122. The third-order valence-corrected chi connectivity index (χ3v) is 2.83. The molecule has 220 valence electrons. The second kappa shape index (κ2) is 63.7. The van der Waals surface area contributed by atoms with E-state index in [1.807, 2.05) is 0 Å². The van der Waals surface area contributed by atoms with Crippen molar-refractivity contribution in [1.82, 2.24) is 35.2 Å². The van der Waals surface area contributed by atoms with Gasteiger partial charge in [0, 0.05) is 13.1 Å². The Bertz CT molecular complexity index is 338. The average Bonchev–Trinajstić information content (AvgIpc) is 2.69. The second-order valence-electron chi connectivity index (χ2n) is 5.04. The van der Waals surface area contributed by atoms with Gasteiger partial charge in [-0.15, -0.1) is 0 Å². The molecule has 0 rings (SSSR count). The van der Waals surface area contributed by atoms with Crippen molar-refractivity contribution < 1.29 is 52.5 Å². The Morgan fingerprint density at radius 1 is 0.618 bits per heavy atom. The number of urea groups is 1. The summed E-state index contributed by atoms with van der Waals surface area (Å²) < 4.78 is 0. The summed E-state index contributed by atoms with van der Waals surface area (Å²) in [5.74, 6) is 0. The van der Waals surface area contributed by atoms with E-state index in [-0.39, 0.29) is 30.6 Å². The zero-order valence-electron chi connectivity index (χ0n) is 19.1. The molecule has 0 unspecified atom stereocenters. The van der Waals surface area contributed by atoms with Crippen molar-refractivity contribution in [2.45, 2.75) is 51.4 Å². The van der Waals surface area contributed by atoms with E-state index >= 15 is 0 Å². The summed E-state index contributed by atoms with van der Waals surface area (Å²) in [6.45, 7) is 3.03. The summed E-state index contributed by atoms with van der Waals surface area (Å²) in [4.78, 5) is 27.9.